The van der Waals surface area contributed by atoms with Crippen molar-refractivity contribution in [2.75, 3.05) is 45.8 Å². The molecule has 0 aromatic rings. The molecule has 2 aliphatic rings. The lowest BCUT2D eigenvalue weighted by atomic mass is 10.3. The number of nitrogens with one attached hydrogen (secondary N) is 1. The highest BCUT2D eigenvalue weighted by molar-refractivity contribution is 7.86. The SMILES string of the molecule is CC1CN(S(=O)(=O)N2CCN(C(=O)NCC(F)(F)F)CC2)CC(C)O1. The summed E-state index contributed by atoms with van der Waals surface area (Å²) < 4.78 is 69.9. The van der Waals surface area contributed by atoms with E-state index in [-0.39, 0.29) is 51.5 Å². The number of hydrogen-bond acceptors (Lipinski definition) is 4. The lowest BCUT2D eigenvalue weighted by Crippen LogP contribution is -2.58. The van der Waals surface area contributed by atoms with Gasteiger partial charge in [0.15, 0.2) is 0 Å². The zero-order valence-corrected chi connectivity index (χ0v) is 14.9. The summed E-state index contributed by atoms with van der Waals surface area (Å²) in [4.78, 5) is 12.9. The van der Waals surface area contributed by atoms with Crippen molar-refractivity contribution in [3.63, 3.8) is 0 Å². The molecule has 0 bridgehead atoms. The van der Waals surface area contributed by atoms with Gasteiger partial charge in [-0.25, -0.2) is 4.79 Å². The molecule has 2 aliphatic heterocycles. The Kier molecular flexibility index (Phi) is 6.17. The summed E-state index contributed by atoms with van der Waals surface area (Å²) in [6, 6.07) is -0.844. The van der Waals surface area contributed by atoms with Crippen molar-refractivity contribution < 1.29 is 31.1 Å². The van der Waals surface area contributed by atoms with Gasteiger partial charge in [0.2, 0.25) is 0 Å². The van der Waals surface area contributed by atoms with E-state index in [0.717, 1.165) is 0 Å². The number of nitrogens with zero attached hydrogens (tertiary/aromatic N) is 3. The van der Waals surface area contributed by atoms with Gasteiger partial charge in [-0.2, -0.15) is 30.2 Å². The molecule has 0 aromatic heterocycles. The Morgan fingerprint density at radius 3 is 2.08 bits per heavy atom. The van der Waals surface area contributed by atoms with Crippen molar-refractivity contribution >= 4 is 16.2 Å². The molecule has 12 heteroatoms. The van der Waals surface area contributed by atoms with Gasteiger partial charge >= 0.3 is 12.2 Å². The first-order valence-corrected chi connectivity index (χ1v) is 9.39. The number of amides is 2. The summed E-state index contributed by atoms with van der Waals surface area (Å²) in [5, 5.41) is 1.79. The topological polar surface area (TPSA) is 82.2 Å². The number of rotatable bonds is 3. The maximum atomic E-state index is 12.7. The Morgan fingerprint density at radius 1 is 1.08 bits per heavy atom. The van der Waals surface area contributed by atoms with Gasteiger partial charge in [0.05, 0.1) is 12.2 Å². The Balaban J connectivity index is 1.89. The largest absolute Gasteiger partial charge is 0.405 e. The van der Waals surface area contributed by atoms with E-state index >= 15 is 0 Å². The number of carbonyl (C=O) groups excluding carboxylic acids is 1. The first-order chi connectivity index (χ1) is 11.5. The average Bonchev–Trinajstić information content (AvgIpc) is 2.51. The van der Waals surface area contributed by atoms with Crippen LogP contribution in [0.4, 0.5) is 18.0 Å². The van der Waals surface area contributed by atoms with Gasteiger partial charge < -0.3 is 15.0 Å². The molecule has 2 amide bonds. The zero-order valence-electron chi connectivity index (χ0n) is 14.1. The predicted octanol–water partition coefficient (Wildman–Crippen LogP) is 0.230. The van der Waals surface area contributed by atoms with Crippen molar-refractivity contribution in [2.24, 2.45) is 0 Å². The van der Waals surface area contributed by atoms with Crippen LogP contribution in [0.3, 0.4) is 0 Å². The second-order valence-electron chi connectivity index (χ2n) is 6.24. The first-order valence-electron chi connectivity index (χ1n) is 7.99. The van der Waals surface area contributed by atoms with Gasteiger partial charge in [0, 0.05) is 39.3 Å². The Hall–Kier alpha value is -1.11. The van der Waals surface area contributed by atoms with Gasteiger partial charge in [-0.15, -0.1) is 0 Å². The number of alkyl halides is 3. The molecule has 0 radical (unpaired) electrons. The van der Waals surface area contributed by atoms with Gasteiger partial charge in [-0.1, -0.05) is 0 Å². The third kappa shape index (κ3) is 5.43. The minimum Gasteiger partial charge on any atom is -0.373 e. The summed E-state index contributed by atoms with van der Waals surface area (Å²) in [5.74, 6) is 0. The molecule has 146 valence electrons. The number of halogens is 3. The van der Waals surface area contributed by atoms with Crippen LogP contribution in [0.1, 0.15) is 13.8 Å². The fourth-order valence-corrected chi connectivity index (χ4v) is 4.64. The van der Waals surface area contributed by atoms with Crippen LogP contribution in [-0.2, 0) is 14.9 Å². The van der Waals surface area contributed by atoms with E-state index in [0.29, 0.717) is 0 Å². The number of ether oxygens (including phenoxy) is 1. The number of morpholine rings is 1. The maximum absolute atomic E-state index is 12.7. The molecule has 1 N–H and O–H groups in total. The molecule has 2 unspecified atom stereocenters. The monoisotopic (exact) mass is 388 g/mol. The highest BCUT2D eigenvalue weighted by Crippen LogP contribution is 2.19. The van der Waals surface area contributed by atoms with Crippen LogP contribution in [0.15, 0.2) is 0 Å². The average molecular weight is 388 g/mol. The van der Waals surface area contributed by atoms with Crippen molar-refractivity contribution in [1.82, 2.24) is 18.8 Å². The first kappa shape index (κ1) is 20.2. The van der Waals surface area contributed by atoms with Crippen LogP contribution in [0, 0.1) is 0 Å². The van der Waals surface area contributed by atoms with Crippen LogP contribution in [0.25, 0.3) is 0 Å². The van der Waals surface area contributed by atoms with E-state index in [2.05, 4.69) is 0 Å². The molecule has 2 fully saturated rings. The maximum Gasteiger partial charge on any atom is 0.405 e. The zero-order chi connectivity index (χ0) is 18.8. The third-order valence-electron chi connectivity index (χ3n) is 4.00. The van der Waals surface area contributed by atoms with Gasteiger partial charge in [-0.3, -0.25) is 0 Å². The minimum atomic E-state index is -4.48. The van der Waals surface area contributed by atoms with Gasteiger partial charge in [0.25, 0.3) is 10.2 Å². The van der Waals surface area contributed by atoms with E-state index < -0.39 is 29.0 Å². The Morgan fingerprint density at radius 2 is 1.60 bits per heavy atom. The van der Waals surface area contributed by atoms with E-state index in [1.807, 2.05) is 0 Å². The summed E-state index contributed by atoms with van der Waals surface area (Å²) in [5.41, 5.74) is 0. The summed E-state index contributed by atoms with van der Waals surface area (Å²) in [7, 11) is -3.69. The quantitative estimate of drug-likeness (QED) is 0.751. The van der Waals surface area contributed by atoms with Crippen molar-refractivity contribution in [2.45, 2.75) is 32.2 Å². The van der Waals surface area contributed by atoms with Crippen LogP contribution < -0.4 is 5.32 Å². The summed E-state index contributed by atoms with van der Waals surface area (Å²) >= 11 is 0. The molecular formula is C13H23F3N4O4S. The Labute approximate surface area is 145 Å². The van der Waals surface area contributed by atoms with Gasteiger partial charge in [-0.05, 0) is 13.8 Å². The molecule has 8 nitrogen and oxygen atoms in total. The Bertz CT molecular complexity index is 568. The fourth-order valence-electron chi connectivity index (χ4n) is 2.89. The summed E-state index contributed by atoms with van der Waals surface area (Å²) in [6.45, 7) is 2.84. The predicted molar refractivity (Wildman–Crippen MR) is 83.1 cm³/mol. The number of carbonyl (C=O) groups is 1. The normalized spacial score (nSPS) is 27.3. The molecule has 2 atom stereocenters. The van der Waals surface area contributed by atoms with Crippen molar-refractivity contribution in [1.29, 1.82) is 0 Å². The van der Waals surface area contributed by atoms with Crippen LogP contribution in [-0.4, -0.2) is 92.2 Å². The van der Waals surface area contributed by atoms with Gasteiger partial charge in [0.1, 0.15) is 6.54 Å². The summed E-state index contributed by atoms with van der Waals surface area (Å²) in [6.07, 6.45) is -4.91. The molecular weight excluding hydrogens is 365 g/mol. The van der Waals surface area contributed by atoms with Crippen molar-refractivity contribution in [3.8, 4) is 0 Å². The third-order valence-corrected chi connectivity index (χ3v) is 5.97. The van der Waals surface area contributed by atoms with E-state index in [1.54, 1.807) is 19.2 Å². The number of hydrogen-bond donors (Lipinski definition) is 1. The van der Waals surface area contributed by atoms with Crippen LogP contribution in [0.5, 0.6) is 0 Å². The number of piperazine rings is 1. The molecule has 25 heavy (non-hydrogen) atoms. The molecule has 2 saturated heterocycles. The molecule has 0 spiro atoms. The minimum absolute atomic E-state index is 0.0400. The molecule has 2 heterocycles. The standard InChI is InChI=1S/C13H23F3N4O4S/c1-10-7-20(8-11(2)24-10)25(22,23)19-5-3-18(4-6-19)12(21)17-9-13(14,15)16/h10-11H,3-9H2,1-2H3,(H,17,21). The van der Waals surface area contributed by atoms with Crippen molar-refractivity contribution in [3.05, 3.63) is 0 Å². The fraction of sp³-hybridized carbons (Fsp3) is 0.923. The highest BCUT2D eigenvalue weighted by Gasteiger charge is 2.37. The lowest BCUT2D eigenvalue weighted by Gasteiger charge is -2.40. The molecule has 0 aromatic carbocycles. The lowest BCUT2D eigenvalue weighted by molar-refractivity contribution is -0.123. The second kappa shape index (κ2) is 7.64. The molecule has 0 saturated carbocycles. The van der Waals surface area contributed by atoms with Crippen LogP contribution in [0.2, 0.25) is 0 Å². The highest BCUT2D eigenvalue weighted by atomic mass is 32.2. The van der Waals surface area contributed by atoms with Crippen LogP contribution >= 0.6 is 0 Å². The molecule has 0 aliphatic carbocycles. The number of urea groups is 1. The smallest absolute Gasteiger partial charge is 0.373 e. The van der Waals surface area contributed by atoms with E-state index in [1.165, 1.54) is 13.5 Å². The second-order valence-corrected chi connectivity index (χ2v) is 8.17. The van der Waals surface area contributed by atoms with E-state index in [9.17, 15) is 26.4 Å². The van der Waals surface area contributed by atoms with E-state index in [4.69, 9.17) is 4.74 Å². The molecule has 2 rings (SSSR count).